The molecule has 9 heteroatoms. The minimum absolute atomic E-state index is 0. The predicted molar refractivity (Wildman–Crippen MR) is 83.3 cm³/mol. The minimum Gasteiger partial charge on any atom is -0.477 e. The molecule has 124 valence electrons. The van der Waals surface area contributed by atoms with Crippen LogP contribution in [0.5, 0.6) is 5.75 Å². The van der Waals surface area contributed by atoms with E-state index < -0.39 is 10.5 Å². The number of benzene rings is 1. The van der Waals surface area contributed by atoms with Gasteiger partial charge in [-0.3, -0.25) is 10.1 Å². The van der Waals surface area contributed by atoms with Gasteiger partial charge in [0.2, 0.25) is 0 Å². The van der Waals surface area contributed by atoms with Crippen molar-refractivity contribution in [3.05, 3.63) is 46.1 Å². The second-order valence-corrected chi connectivity index (χ2v) is 5.39. The Balaban J connectivity index is 0.00000192. The fourth-order valence-electron chi connectivity index (χ4n) is 2.61. The van der Waals surface area contributed by atoms with Gasteiger partial charge in [0.25, 0.3) is 5.89 Å². The summed E-state index contributed by atoms with van der Waals surface area (Å²) in [5, 5.41) is 14.8. The number of halogens is 1. The molecule has 0 radical (unpaired) electrons. The highest BCUT2D eigenvalue weighted by molar-refractivity contribution is 5.85. The van der Waals surface area contributed by atoms with Gasteiger partial charge in [0, 0.05) is 6.07 Å². The first-order valence-electron chi connectivity index (χ1n) is 7.07. The molecule has 23 heavy (non-hydrogen) atoms. The summed E-state index contributed by atoms with van der Waals surface area (Å²) < 4.78 is 10.5. The monoisotopic (exact) mass is 340 g/mol. The van der Waals surface area contributed by atoms with Gasteiger partial charge in [0.15, 0.2) is 18.2 Å². The Labute approximate surface area is 138 Å². The van der Waals surface area contributed by atoms with Gasteiger partial charge in [-0.25, -0.2) is 0 Å². The number of hydrogen-bond acceptors (Lipinski definition) is 7. The van der Waals surface area contributed by atoms with Crippen molar-refractivity contribution >= 4 is 18.1 Å². The maximum Gasteiger partial charge on any atom is 0.310 e. The van der Waals surface area contributed by atoms with Crippen LogP contribution in [0.3, 0.4) is 0 Å². The molecule has 1 aromatic carbocycles. The van der Waals surface area contributed by atoms with Crippen LogP contribution in [0.25, 0.3) is 0 Å². The van der Waals surface area contributed by atoms with Crippen LogP contribution in [-0.4, -0.2) is 15.1 Å². The molecule has 1 saturated carbocycles. The molecule has 8 nitrogen and oxygen atoms in total. The molecule has 1 aromatic heterocycles. The maximum absolute atomic E-state index is 10.9. The van der Waals surface area contributed by atoms with Gasteiger partial charge in [-0.05, 0) is 18.9 Å². The SMILES string of the molecule is Cl.NC1(c2noc(COc3ccccc3[N+](=O)[O-])n2)CCCC1. The van der Waals surface area contributed by atoms with Crippen molar-refractivity contribution in [2.45, 2.75) is 37.8 Å². The molecule has 1 aliphatic rings. The Bertz CT molecular complexity index is 685. The molecule has 0 saturated heterocycles. The summed E-state index contributed by atoms with van der Waals surface area (Å²) in [5.74, 6) is 0.895. The smallest absolute Gasteiger partial charge is 0.310 e. The second kappa shape index (κ2) is 6.93. The lowest BCUT2D eigenvalue weighted by Gasteiger charge is -2.17. The van der Waals surface area contributed by atoms with E-state index in [4.69, 9.17) is 15.0 Å². The molecular formula is C14H17ClN4O4. The van der Waals surface area contributed by atoms with E-state index in [1.54, 1.807) is 12.1 Å². The molecular weight excluding hydrogens is 324 g/mol. The average Bonchev–Trinajstić information content (AvgIpc) is 3.15. The van der Waals surface area contributed by atoms with Crippen LogP contribution in [0, 0.1) is 10.1 Å². The molecule has 2 N–H and O–H groups in total. The van der Waals surface area contributed by atoms with Crippen molar-refractivity contribution in [3.63, 3.8) is 0 Å². The van der Waals surface area contributed by atoms with Crippen molar-refractivity contribution in [2.75, 3.05) is 0 Å². The van der Waals surface area contributed by atoms with Gasteiger partial charge in [-0.1, -0.05) is 30.1 Å². The molecule has 1 heterocycles. The van der Waals surface area contributed by atoms with Gasteiger partial charge in [-0.2, -0.15) is 4.98 Å². The Kier molecular flexibility index (Phi) is 5.17. The Morgan fingerprint density at radius 1 is 1.35 bits per heavy atom. The lowest BCUT2D eigenvalue weighted by molar-refractivity contribution is -0.386. The molecule has 0 amide bonds. The zero-order valence-corrected chi connectivity index (χ0v) is 13.1. The highest BCUT2D eigenvalue weighted by Gasteiger charge is 2.36. The predicted octanol–water partition coefficient (Wildman–Crippen LogP) is 2.71. The number of nitrogens with two attached hydrogens (primary N) is 1. The summed E-state index contributed by atoms with van der Waals surface area (Å²) in [6.07, 6.45) is 3.76. The van der Waals surface area contributed by atoms with Crippen molar-refractivity contribution < 1.29 is 14.2 Å². The third-order valence-corrected chi connectivity index (χ3v) is 3.82. The van der Waals surface area contributed by atoms with Gasteiger partial charge in [-0.15, -0.1) is 12.4 Å². The number of aromatic nitrogens is 2. The summed E-state index contributed by atoms with van der Waals surface area (Å²) in [7, 11) is 0. The summed E-state index contributed by atoms with van der Waals surface area (Å²) in [5.41, 5.74) is 5.62. The van der Waals surface area contributed by atoms with E-state index in [1.165, 1.54) is 12.1 Å². The summed E-state index contributed by atoms with van der Waals surface area (Å²) in [6, 6.07) is 6.14. The first-order chi connectivity index (χ1) is 10.6. The first kappa shape index (κ1) is 17.2. The van der Waals surface area contributed by atoms with Crippen LogP contribution in [0.2, 0.25) is 0 Å². The van der Waals surface area contributed by atoms with E-state index in [9.17, 15) is 10.1 Å². The molecule has 0 atom stereocenters. The molecule has 1 aliphatic carbocycles. The Morgan fingerprint density at radius 2 is 2.04 bits per heavy atom. The number of ether oxygens (including phenoxy) is 1. The summed E-state index contributed by atoms with van der Waals surface area (Å²) in [6.45, 7) is -0.0338. The molecule has 0 bridgehead atoms. The topological polar surface area (TPSA) is 117 Å². The minimum atomic E-state index is -0.527. The second-order valence-electron chi connectivity index (χ2n) is 5.39. The van der Waals surface area contributed by atoms with Crippen molar-refractivity contribution in [1.82, 2.24) is 10.1 Å². The van der Waals surface area contributed by atoms with Crippen LogP contribution in [-0.2, 0) is 12.1 Å². The standard InChI is InChI=1S/C14H16N4O4.ClH/c15-14(7-3-4-8-14)13-16-12(22-17-13)9-21-11-6-2-1-5-10(11)18(19)20;/h1-2,5-6H,3-4,7-9,15H2;1H. The number of para-hydroxylation sites is 2. The van der Waals surface area contributed by atoms with Gasteiger partial charge in [0.05, 0.1) is 10.5 Å². The van der Waals surface area contributed by atoms with Crippen LogP contribution >= 0.6 is 12.4 Å². The normalized spacial score (nSPS) is 15.9. The van der Waals surface area contributed by atoms with E-state index in [-0.39, 0.29) is 36.3 Å². The van der Waals surface area contributed by atoms with Crippen molar-refractivity contribution in [1.29, 1.82) is 0 Å². The zero-order valence-electron chi connectivity index (χ0n) is 12.3. The average molecular weight is 341 g/mol. The molecule has 0 spiro atoms. The van der Waals surface area contributed by atoms with Gasteiger partial charge >= 0.3 is 5.69 Å². The maximum atomic E-state index is 10.9. The van der Waals surface area contributed by atoms with Crippen molar-refractivity contribution in [2.24, 2.45) is 5.73 Å². The van der Waals surface area contributed by atoms with E-state index in [0.29, 0.717) is 5.82 Å². The fraction of sp³-hybridized carbons (Fsp3) is 0.429. The summed E-state index contributed by atoms with van der Waals surface area (Å²) >= 11 is 0. The number of hydrogen-bond donors (Lipinski definition) is 1. The lowest BCUT2D eigenvalue weighted by Crippen LogP contribution is -2.34. The highest BCUT2D eigenvalue weighted by Crippen LogP contribution is 2.34. The third kappa shape index (κ3) is 3.59. The zero-order chi connectivity index (χ0) is 15.6. The van der Waals surface area contributed by atoms with E-state index in [2.05, 4.69) is 10.1 Å². The Hall–Kier alpha value is -2.19. The molecule has 3 rings (SSSR count). The molecule has 0 unspecified atom stereocenters. The number of nitrogens with zero attached hydrogens (tertiary/aromatic N) is 3. The van der Waals surface area contributed by atoms with Crippen molar-refractivity contribution in [3.8, 4) is 5.75 Å². The number of nitro benzene ring substituents is 1. The Morgan fingerprint density at radius 3 is 2.74 bits per heavy atom. The fourth-order valence-corrected chi connectivity index (χ4v) is 2.61. The molecule has 2 aromatic rings. The van der Waals surface area contributed by atoms with Crippen LogP contribution < -0.4 is 10.5 Å². The third-order valence-electron chi connectivity index (χ3n) is 3.82. The van der Waals surface area contributed by atoms with E-state index >= 15 is 0 Å². The number of rotatable bonds is 5. The van der Waals surface area contributed by atoms with Crippen LogP contribution in [0.1, 0.15) is 37.4 Å². The van der Waals surface area contributed by atoms with Gasteiger partial charge < -0.3 is 15.0 Å². The van der Waals surface area contributed by atoms with Crippen LogP contribution in [0.4, 0.5) is 5.69 Å². The largest absolute Gasteiger partial charge is 0.477 e. The van der Waals surface area contributed by atoms with Crippen LogP contribution in [0.15, 0.2) is 28.8 Å². The lowest BCUT2D eigenvalue weighted by atomic mass is 9.99. The van der Waals surface area contributed by atoms with E-state index in [1.807, 2.05) is 0 Å². The highest BCUT2D eigenvalue weighted by atomic mass is 35.5. The van der Waals surface area contributed by atoms with E-state index in [0.717, 1.165) is 25.7 Å². The number of nitro groups is 1. The first-order valence-corrected chi connectivity index (χ1v) is 7.07. The summed E-state index contributed by atoms with van der Waals surface area (Å²) in [4.78, 5) is 14.7. The van der Waals surface area contributed by atoms with Gasteiger partial charge in [0.1, 0.15) is 0 Å². The quantitative estimate of drug-likeness (QED) is 0.656. The molecule has 1 fully saturated rings. The molecule has 0 aliphatic heterocycles.